The third kappa shape index (κ3) is 5.43. The highest BCUT2D eigenvalue weighted by Gasteiger charge is 2.33. The van der Waals surface area contributed by atoms with Gasteiger partial charge in [-0.15, -0.1) is 13.2 Å². The van der Waals surface area contributed by atoms with E-state index in [0.29, 0.717) is 40.0 Å². The van der Waals surface area contributed by atoms with Gasteiger partial charge in [0.25, 0.3) is 5.91 Å². The molecule has 0 radical (unpaired) electrons. The Kier molecular flexibility index (Phi) is 6.23. The second kappa shape index (κ2) is 9.10. The fraction of sp³-hybridized carbons (Fsp3) is 0.227. The van der Waals surface area contributed by atoms with Gasteiger partial charge in [-0.2, -0.15) is 0 Å². The molecule has 3 amide bonds. The molecular weight excluding hydrogens is 457 g/mol. The molecule has 7 nitrogen and oxygen atoms in total. The van der Waals surface area contributed by atoms with Gasteiger partial charge < -0.3 is 15.0 Å². The minimum Gasteiger partial charge on any atom is -0.406 e. The first kappa shape index (κ1) is 22.6. The molecule has 172 valence electrons. The SMILES string of the molecule is Cc1nc(N2CCN(Cc3ccc(OC(F)(F)F)cc3)C2=O)sc1C(=O)Nc1ccccc1. The van der Waals surface area contributed by atoms with Crippen molar-refractivity contribution in [3.05, 3.63) is 70.7 Å². The Hall–Kier alpha value is -3.60. The zero-order valence-electron chi connectivity index (χ0n) is 17.4. The maximum atomic E-state index is 12.9. The summed E-state index contributed by atoms with van der Waals surface area (Å²) in [4.78, 5) is 33.4. The highest BCUT2D eigenvalue weighted by atomic mass is 32.1. The number of thiazole rings is 1. The lowest BCUT2D eigenvalue weighted by Gasteiger charge is -2.17. The van der Waals surface area contributed by atoms with Gasteiger partial charge in [0.15, 0.2) is 5.13 Å². The number of nitrogens with one attached hydrogen (secondary N) is 1. The number of carbonyl (C=O) groups is 2. The average Bonchev–Trinajstić information content (AvgIpc) is 3.32. The largest absolute Gasteiger partial charge is 0.573 e. The van der Waals surface area contributed by atoms with Crippen LogP contribution in [0.4, 0.5) is 28.8 Å². The summed E-state index contributed by atoms with van der Waals surface area (Å²) in [5, 5.41) is 3.23. The van der Waals surface area contributed by atoms with Crippen molar-refractivity contribution in [3.63, 3.8) is 0 Å². The Morgan fingerprint density at radius 2 is 1.82 bits per heavy atom. The summed E-state index contributed by atoms with van der Waals surface area (Å²) in [5.41, 5.74) is 1.85. The van der Waals surface area contributed by atoms with E-state index in [-0.39, 0.29) is 24.2 Å². The molecule has 0 bridgehead atoms. The number of aromatic nitrogens is 1. The van der Waals surface area contributed by atoms with Crippen molar-refractivity contribution in [3.8, 4) is 5.75 Å². The van der Waals surface area contributed by atoms with E-state index in [1.807, 2.05) is 18.2 Å². The summed E-state index contributed by atoms with van der Waals surface area (Å²) < 4.78 is 40.8. The molecule has 1 saturated heterocycles. The molecule has 0 unspecified atom stereocenters. The number of benzene rings is 2. The molecule has 0 atom stereocenters. The van der Waals surface area contributed by atoms with Crippen molar-refractivity contribution in [2.75, 3.05) is 23.3 Å². The number of amides is 3. The molecule has 0 aliphatic carbocycles. The molecule has 2 aromatic carbocycles. The standard InChI is InChI=1S/C22H19F3N4O3S/c1-14-18(19(30)27-16-5-3-2-4-6-16)33-20(26-14)29-12-11-28(21(29)31)13-15-7-9-17(10-8-15)32-22(23,24)25/h2-10H,11-13H2,1H3,(H,27,30). The normalized spacial score (nSPS) is 14.0. The third-order valence-electron chi connectivity index (χ3n) is 4.88. The topological polar surface area (TPSA) is 74.8 Å². The first-order valence-corrected chi connectivity index (χ1v) is 10.8. The predicted octanol–water partition coefficient (Wildman–Crippen LogP) is 5.04. The number of carbonyl (C=O) groups excluding carboxylic acids is 2. The number of halogens is 3. The van der Waals surface area contributed by atoms with E-state index in [2.05, 4.69) is 15.0 Å². The van der Waals surface area contributed by atoms with Crippen molar-refractivity contribution < 1.29 is 27.5 Å². The Morgan fingerprint density at radius 1 is 1.12 bits per heavy atom. The van der Waals surface area contributed by atoms with Crippen LogP contribution in [0, 0.1) is 6.92 Å². The van der Waals surface area contributed by atoms with E-state index in [1.165, 1.54) is 29.2 Å². The number of ether oxygens (including phenoxy) is 1. The van der Waals surface area contributed by atoms with Crippen molar-refractivity contribution in [1.82, 2.24) is 9.88 Å². The van der Waals surface area contributed by atoms with Crippen LogP contribution in [-0.2, 0) is 6.54 Å². The van der Waals surface area contributed by atoms with Gasteiger partial charge in [0.05, 0.1) is 5.69 Å². The molecule has 1 aliphatic rings. The summed E-state index contributed by atoms with van der Waals surface area (Å²) in [6.07, 6.45) is -4.75. The second-order valence-corrected chi connectivity index (χ2v) is 8.26. The predicted molar refractivity (Wildman–Crippen MR) is 118 cm³/mol. The fourth-order valence-electron chi connectivity index (χ4n) is 3.34. The number of hydrogen-bond donors (Lipinski definition) is 1. The van der Waals surface area contributed by atoms with Crippen molar-refractivity contribution in [2.45, 2.75) is 19.8 Å². The zero-order valence-corrected chi connectivity index (χ0v) is 18.2. The Labute approximate surface area is 191 Å². The summed E-state index contributed by atoms with van der Waals surface area (Å²) in [5.74, 6) is -0.618. The van der Waals surface area contributed by atoms with Gasteiger partial charge in [-0.25, -0.2) is 9.78 Å². The minimum absolute atomic E-state index is 0.230. The molecule has 11 heteroatoms. The van der Waals surface area contributed by atoms with Gasteiger partial charge in [0.2, 0.25) is 0 Å². The first-order valence-electron chi connectivity index (χ1n) is 9.94. The van der Waals surface area contributed by atoms with E-state index in [9.17, 15) is 22.8 Å². The third-order valence-corrected chi connectivity index (χ3v) is 6.06. The first-order chi connectivity index (χ1) is 15.7. The van der Waals surface area contributed by atoms with Crippen LogP contribution in [0.2, 0.25) is 0 Å². The quantitative estimate of drug-likeness (QED) is 0.541. The zero-order chi connectivity index (χ0) is 23.6. The molecule has 33 heavy (non-hydrogen) atoms. The molecule has 0 spiro atoms. The Balaban J connectivity index is 1.41. The molecule has 3 aromatic rings. The van der Waals surface area contributed by atoms with Crippen LogP contribution in [-0.4, -0.2) is 41.3 Å². The van der Waals surface area contributed by atoms with Gasteiger partial charge in [-0.3, -0.25) is 9.69 Å². The van der Waals surface area contributed by atoms with E-state index in [1.54, 1.807) is 24.0 Å². The van der Waals surface area contributed by atoms with Crippen LogP contribution >= 0.6 is 11.3 Å². The van der Waals surface area contributed by atoms with Crippen LogP contribution in [0.15, 0.2) is 54.6 Å². The van der Waals surface area contributed by atoms with Gasteiger partial charge in [0, 0.05) is 25.3 Å². The highest BCUT2D eigenvalue weighted by molar-refractivity contribution is 7.18. The number of para-hydroxylation sites is 1. The molecule has 4 rings (SSSR count). The van der Waals surface area contributed by atoms with Gasteiger partial charge >= 0.3 is 12.4 Å². The van der Waals surface area contributed by atoms with Crippen LogP contribution in [0.3, 0.4) is 0 Å². The van der Waals surface area contributed by atoms with Crippen molar-refractivity contribution in [1.29, 1.82) is 0 Å². The number of rotatable bonds is 6. The molecule has 2 heterocycles. The summed E-state index contributed by atoms with van der Waals surface area (Å²) in [6.45, 7) is 2.75. The molecule has 1 aliphatic heterocycles. The highest BCUT2D eigenvalue weighted by Crippen LogP contribution is 2.30. The van der Waals surface area contributed by atoms with Crippen molar-refractivity contribution >= 4 is 34.1 Å². The Bertz CT molecular complexity index is 1150. The number of hydrogen-bond acceptors (Lipinski definition) is 5. The molecular formula is C22H19F3N4O3S. The Morgan fingerprint density at radius 3 is 2.48 bits per heavy atom. The fourth-order valence-corrected chi connectivity index (χ4v) is 4.32. The summed E-state index contributed by atoms with van der Waals surface area (Å²) >= 11 is 1.14. The molecule has 0 saturated carbocycles. The minimum atomic E-state index is -4.75. The maximum Gasteiger partial charge on any atom is 0.573 e. The lowest BCUT2D eigenvalue weighted by atomic mass is 10.2. The van der Waals surface area contributed by atoms with Crippen LogP contribution in [0.5, 0.6) is 5.75 Å². The summed E-state index contributed by atoms with van der Waals surface area (Å²) in [7, 11) is 0. The van der Waals surface area contributed by atoms with E-state index in [0.717, 1.165) is 11.3 Å². The maximum absolute atomic E-state index is 12.9. The smallest absolute Gasteiger partial charge is 0.406 e. The molecule has 1 N–H and O–H groups in total. The van der Waals surface area contributed by atoms with Gasteiger partial charge in [0.1, 0.15) is 10.6 Å². The van der Waals surface area contributed by atoms with E-state index >= 15 is 0 Å². The van der Waals surface area contributed by atoms with Gasteiger partial charge in [-0.05, 0) is 36.8 Å². The monoisotopic (exact) mass is 476 g/mol. The van der Waals surface area contributed by atoms with Gasteiger partial charge in [-0.1, -0.05) is 41.7 Å². The number of alkyl halides is 3. The van der Waals surface area contributed by atoms with Crippen molar-refractivity contribution in [2.24, 2.45) is 0 Å². The van der Waals surface area contributed by atoms with Crippen LogP contribution in [0.1, 0.15) is 20.9 Å². The number of nitrogens with zero attached hydrogens (tertiary/aromatic N) is 3. The lowest BCUT2D eigenvalue weighted by Crippen LogP contribution is -2.31. The van der Waals surface area contributed by atoms with E-state index < -0.39 is 6.36 Å². The second-order valence-electron chi connectivity index (χ2n) is 7.28. The van der Waals surface area contributed by atoms with Crippen LogP contribution < -0.4 is 15.0 Å². The van der Waals surface area contributed by atoms with Crippen LogP contribution in [0.25, 0.3) is 0 Å². The number of aryl methyl sites for hydroxylation is 1. The molecule has 1 aromatic heterocycles. The summed E-state index contributed by atoms with van der Waals surface area (Å²) in [6, 6.07) is 14.1. The number of urea groups is 1. The lowest BCUT2D eigenvalue weighted by molar-refractivity contribution is -0.274. The average molecular weight is 476 g/mol. The molecule has 1 fully saturated rings. The van der Waals surface area contributed by atoms with E-state index in [4.69, 9.17) is 0 Å². The number of anilines is 2.